The lowest BCUT2D eigenvalue weighted by atomic mass is 9.97. The van der Waals surface area contributed by atoms with Gasteiger partial charge in [-0.05, 0) is 49.2 Å². The molecule has 178 valence electrons. The molecule has 1 atom stereocenters. The SMILES string of the molecule is O=C(Nc1ccc(S(=O)(=O)NCC(F)(F)F)cc1)[C@@H]1CCCN(C(=O)Nc2ccccc2)C1. The molecule has 12 heteroatoms. The molecule has 3 N–H and O–H groups in total. The predicted octanol–water partition coefficient (Wildman–Crippen LogP) is 3.41. The van der Waals surface area contributed by atoms with Crippen LogP contribution in [0.4, 0.5) is 29.3 Å². The lowest BCUT2D eigenvalue weighted by Crippen LogP contribution is -2.45. The number of carbonyl (C=O) groups excluding carboxylic acids is 2. The zero-order chi connectivity index (χ0) is 24.1. The molecule has 1 fully saturated rings. The zero-order valence-electron chi connectivity index (χ0n) is 17.4. The second kappa shape index (κ2) is 10.2. The van der Waals surface area contributed by atoms with Gasteiger partial charge < -0.3 is 15.5 Å². The van der Waals surface area contributed by atoms with Crippen molar-refractivity contribution in [3.05, 3.63) is 54.6 Å². The average Bonchev–Trinajstić information content (AvgIpc) is 2.78. The molecule has 3 amide bonds. The monoisotopic (exact) mass is 484 g/mol. The molecule has 0 aliphatic carbocycles. The van der Waals surface area contributed by atoms with Crippen molar-refractivity contribution < 1.29 is 31.2 Å². The van der Waals surface area contributed by atoms with Crippen molar-refractivity contribution in [2.45, 2.75) is 23.9 Å². The van der Waals surface area contributed by atoms with Gasteiger partial charge in [-0.2, -0.15) is 13.2 Å². The van der Waals surface area contributed by atoms with Crippen molar-refractivity contribution in [3.8, 4) is 0 Å². The fraction of sp³-hybridized carbons (Fsp3) is 0.333. The number of para-hydroxylation sites is 1. The summed E-state index contributed by atoms with van der Waals surface area (Å²) in [5.41, 5.74) is 0.939. The number of nitrogens with one attached hydrogen (secondary N) is 3. The number of nitrogens with zero attached hydrogens (tertiary/aromatic N) is 1. The maximum atomic E-state index is 12.7. The molecule has 2 aromatic rings. The predicted molar refractivity (Wildman–Crippen MR) is 116 cm³/mol. The topological polar surface area (TPSA) is 108 Å². The summed E-state index contributed by atoms with van der Waals surface area (Å²) in [5.74, 6) is -0.796. The van der Waals surface area contributed by atoms with Crippen LogP contribution in [0.3, 0.4) is 0 Å². The van der Waals surface area contributed by atoms with E-state index >= 15 is 0 Å². The first-order valence-corrected chi connectivity index (χ1v) is 11.6. The summed E-state index contributed by atoms with van der Waals surface area (Å²) in [6.07, 6.45) is -3.45. The van der Waals surface area contributed by atoms with E-state index < -0.39 is 28.7 Å². The van der Waals surface area contributed by atoms with Gasteiger partial charge >= 0.3 is 12.2 Å². The fourth-order valence-corrected chi connectivity index (χ4v) is 4.34. The first-order chi connectivity index (χ1) is 15.5. The molecule has 0 bridgehead atoms. The van der Waals surface area contributed by atoms with E-state index in [1.54, 1.807) is 29.2 Å². The Morgan fingerprint density at radius 3 is 2.24 bits per heavy atom. The summed E-state index contributed by atoms with van der Waals surface area (Å²) in [6.45, 7) is -0.942. The molecule has 0 unspecified atom stereocenters. The van der Waals surface area contributed by atoms with Gasteiger partial charge in [-0.3, -0.25) is 4.79 Å². The fourth-order valence-electron chi connectivity index (χ4n) is 3.32. The molecular weight excluding hydrogens is 461 g/mol. The highest BCUT2D eigenvalue weighted by Gasteiger charge is 2.30. The molecule has 0 saturated carbocycles. The lowest BCUT2D eigenvalue weighted by Gasteiger charge is -2.32. The highest BCUT2D eigenvalue weighted by atomic mass is 32.2. The van der Waals surface area contributed by atoms with E-state index in [9.17, 15) is 31.2 Å². The smallest absolute Gasteiger partial charge is 0.326 e. The number of alkyl halides is 3. The quantitative estimate of drug-likeness (QED) is 0.584. The molecule has 1 saturated heterocycles. The van der Waals surface area contributed by atoms with E-state index in [2.05, 4.69) is 10.6 Å². The second-order valence-corrected chi connectivity index (χ2v) is 9.30. The van der Waals surface area contributed by atoms with E-state index in [0.717, 1.165) is 12.1 Å². The van der Waals surface area contributed by atoms with Crippen LogP contribution in [0.15, 0.2) is 59.5 Å². The van der Waals surface area contributed by atoms with Gasteiger partial charge in [0.25, 0.3) is 0 Å². The van der Waals surface area contributed by atoms with Crippen LogP contribution in [0.25, 0.3) is 0 Å². The number of halogens is 3. The van der Waals surface area contributed by atoms with Gasteiger partial charge in [0.2, 0.25) is 15.9 Å². The van der Waals surface area contributed by atoms with Crippen molar-refractivity contribution in [2.75, 3.05) is 30.3 Å². The minimum Gasteiger partial charge on any atom is -0.326 e. The number of anilines is 2. The van der Waals surface area contributed by atoms with E-state index in [1.165, 1.54) is 16.9 Å². The Hall–Kier alpha value is -3.12. The lowest BCUT2D eigenvalue weighted by molar-refractivity contribution is -0.122. The van der Waals surface area contributed by atoms with Crippen LogP contribution in [0.2, 0.25) is 0 Å². The molecule has 8 nitrogen and oxygen atoms in total. The van der Waals surface area contributed by atoms with Gasteiger partial charge in [-0.15, -0.1) is 0 Å². The first-order valence-electron chi connectivity index (χ1n) is 10.1. The average molecular weight is 485 g/mol. The number of benzene rings is 2. The number of piperidine rings is 1. The molecule has 0 radical (unpaired) electrons. The Morgan fingerprint density at radius 2 is 1.61 bits per heavy atom. The third kappa shape index (κ3) is 7.19. The van der Waals surface area contributed by atoms with Gasteiger partial charge in [0.05, 0.1) is 10.8 Å². The van der Waals surface area contributed by atoms with Gasteiger partial charge in [0.15, 0.2) is 0 Å². The molecule has 1 heterocycles. The Morgan fingerprint density at radius 1 is 0.970 bits per heavy atom. The number of rotatable bonds is 6. The van der Waals surface area contributed by atoms with Gasteiger partial charge in [0, 0.05) is 24.5 Å². The number of sulfonamides is 1. The third-order valence-electron chi connectivity index (χ3n) is 5.00. The minimum absolute atomic E-state index is 0.221. The number of carbonyl (C=O) groups is 2. The number of likely N-dealkylation sites (tertiary alicyclic amines) is 1. The highest BCUT2D eigenvalue weighted by Crippen LogP contribution is 2.21. The van der Waals surface area contributed by atoms with E-state index in [1.807, 2.05) is 6.07 Å². The van der Waals surface area contributed by atoms with Gasteiger partial charge in [-0.25, -0.2) is 17.9 Å². The molecular formula is C21H23F3N4O4S. The Balaban J connectivity index is 1.56. The summed E-state index contributed by atoms with van der Waals surface area (Å²) < 4.78 is 62.2. The van der Waals surface area contributed by atoms with Gasteiger partial charge in [0.1, 0.15) is 6.54 Å². The van der Waals surface area contributed by atoms with Crippen LogP contribution < -0.4 is 15.4 Å². The highest BCUT2D eigenvalue weighted by molar-refractivity contribution is 7.89. The van der Waals surface area contributed by atoms with Crippen LogP contribution >= 0.6 is 0 Å². The van der Waals surface area contributed by atoms with Crippen LogP contribution in [-0.4, -0.2) is 51.1 Å². The largest absolute Gasteiger partial charge is 0.402 e. The summed E-state index contributed by atoms with van der Waals surface area (Å²) in [7, 11) is -4.34. The normalized spacial score (nSPS) is 16.8. The van der Waals surface area contributed by atoms with E-state index in [-0.39, 0.29) is 23.4 Å². The standard InChI is InChI=1S/C21H23F3N4O4S/c22-21(23,24)14-25-33(31,32)18-10-8-17(9-11-18)26-19(29)15-5-4-12-28(13-15)20(30)27-16-6-2-1-3-7-16/h1-3,6-11,15,25H,4-5,12-14H2,(H,26,29)(H,27,30)/t15-/m1/s1. The van der Waals surface area contributed by atoms with Crippen LogP contribution in [0.1, 0.15) is 12.8 Å². The summed E-state index contributed by atoms with van der Waals surface area (Å²) >= 11 is 0. The second-order valence-electron chi connectivity index (χ2n) is 7.53. The Kier molecular flexibility index (Phi) is 7.59. The van der Waals surface area contributed by atoms with E-state index in [4.69, 9.17) is 0 Å². The van der Waals surface area contributed by atoms with Crippen molar-refractivity contribution >= 4 is 33.3 Å². The molecule has 0 aromatic heterocycles. The summed E-state index contributed by atoms with van der Waals surface area (Å²) in [6, 6.07) is 13.4. The Labute approximate surface area is 189 Å². The number of hydrogen-bond donors (Lipinski definition) is 3. The van der Waals surface area contributed by atoms with Crippen LogP contribution in [0, 0.1) is 5.92 Å². The number of urea groups is 1. The maximum absolute atomic E-state index is 12.7. The zero-order valence-corrected chi connectivity index (χ0v) is 18.2. The van der Waals surface area contributed by atoms with Crippen molar-refractivity contribution in [3.63, 3.8) is 0 Å². The molecule has 1 aliphatic rings. The summed E-state index contributed by atoms with van der Waals surface area (Å²) in [4.78, 5) is 26.4. The Bertz CT molecular complexity index is 1080. The van der Waals surface area contributed by atoms with Crippen LogP contribution in [-0.2, 0) is 14.8 Å². The molecule has 3 rings (SSSR count). The van der Waals surface area contributed by atoms with Crippen molar-refractivity contribution in [1.29, 1.82) is 0 Å². The molecule has 2 aromatic carbocycles. The van der Waals surface area contributed by atoms with Gasteiger partial charge in [-0.1, -0.05) is 18.2 Å². The maximum Gasteiger partial charge on any atom is 0.402 e. The first kappa shape index (κ1) is 24.5. The molecule has 1 aliphatic heterocycles. The van der Waals surface area contributed by atoms with Crippen LogP contribution in [0.5, 0.6) is 0 Å². The minimum atomic E-state index is -4.67. The third-order valence-corrected chi connectivity index (χ3v) is 6.42. The number of amides is 3. The van der Waals surface area contributed by atoms with Crippen molar-refractivity contribution in [2.24, 2.45) is 5.92 Å². The molecule has 0 spiro atoms. The molecule has 33 heavy (non-hydrogen) atoms. The summed E-state index contributed by atoms with van der Waals surface area (Å²) in [5, 5.41) is 5.45. The number of hydrogen-bond acceptors (Lipinski definition) is 4. The van der Waals surface area contributed by atoms with Crippen molar-refractivity contribution in [1.82, 2.24) is 9.62 Å². The van der Waals surface area contributed by atoms with E-state index in [0.29, 0.717) is 30.8 Å².